The van der Waals surface area contributed by atoms with Crippen LogP contribution in [-0.2, 0) is 9.59 Å². The molecule has 3 fully saturated rings. The molecule has 1 saturated carbocycles. The van der Waals surface area contributed by atoms with Gasteiger partial charge in [-0.3, -0.25) is 9.59 Å². The van der Waals surface area contributed by atoms with Crippen LogP contribution in [0.15, 0.2) is 18.5 Å². The van der Waals surface area contributed by atoms with Crippen molar-refractivity contribution in [3.63, 3.8) is 0 Å². The average Bonchev–Trinajstić information content (AvgIpc) is 3.37. The molecule has 0 spiro atoms. The zero-order chi connectivity index (χ0) is 16.5. The van der Waals surface area contributed by atoms with E-state index in [4.69, 9.17) is 0 Å². The van der Waals surface area contributed by atoms with Crippen molar-refractivity contribution in [2.45, 2.75) is 19.3 Å². The molecule has 7 heteroatoms. The van der Waals surface area contributed by atoms with Gasteiger partial charge in [-0.15, -0.1) is 0 Å². The van der Waals surface area contributed by atoms with E-state index in [0.29, 0.717) is 32.0 Å². The van der Waals surface area contributed by atoms with Gasteiger partial charge >= 0.3 is 0 Å². The van der Waals surface area contributed by atoms with Gasteiger partial charge in [0.1, 0.15) is 0 Å². The molecule has 1 aromatic rings. The predicted octanol–water partition coefficient (Wildman–Crippen LogP) is 0.384. The van der Waals surface area contributed by atoms with Gasteiger partial charge in [0.05, 0.1) is 5.92 Å². The second-order valence-electron chi connectivity index (χ2n) is 7.00. The third-order valence-corrected chi connectivity index (χ3v) is 5.17. The summed E-state index contributed by atoms with van der Waals surface area (Å²) >= 11 is 0. The number of hydrogen-bond acceptors (Lipinski definition) is 5. The Labute approximate surface area is 141 Å². The van der Waals surface area contributed by atoms with Crippen molar-refractivity contribution in [3.05, 3.63) is 18.5 Å². The summed E-state index contributed by atoms with van der Waals surface area (Å²) in [5.74, 6) is 1.52. The second-order valence-corrected chi connectivity index (χ2v) is 7.00. The molecule has 7 nitrogen and oxygen atoms in total. The maximum atomic E-state index is 12.7. The topological polar surface area (TPSA) is 69.6 Å². The number of likely N-dealkylation sites (tertiary alicyclic amines) is 1. The summed E-state index contributed by atoms with van der Waals surface area (Å²) in [7, 11) is 0. The third kappa shape index (κ3) is 3.20. The Morgan fingerprint density at radius 3 is 2.50 bits per heavy atom. The molecule has 0 aromatic carbocycles. The number of piperazine rings is 1. The van der Waals surface area contributed by atoms with Gasteiger partial charge in [-0.2, -0.15) is 0 Å². The summed E-state index contributed by atoms with van der Waals surface area (Å²) in [6.07, 6.45) is 6.31. The summed E-state index contributed by atoms with van der Waals surface area (Å²) in [6.45, 7) is 4.27. The van der Waals surface area contributed by atoms with E-state index in [0.717, 1.165) is 25.6 Å². The first-order valence-electron chi connectivity index (χ1n) is 8.79. The molecule has 2 amide bonds. The van der Waals surface area contributed by atoms with Crippen LogP contribution in [0.5, 0.6) is 0 Å². The fraction of sp³-hybridized carbons (Fsp3) is 0.647. The van der Waals surface area contributed by atoms with E-state index < -0.39 is 0 Å². The van der Waals surface area contributed by atoms with E-state index >= 15 is 0 Å². The molecule has 2 aliphatic heterocycles. The van der Waals surface area contributed by atoms with Gasteiger partial charge in [-0.05, 0) is 24.8 Å². The zero-order valence-corrected chi connectivity index (χ0v) is 13.8. The van der Waals surface area contributed by atoms with Crippen LogP contribution >= 0.6 is 0 Å². The number of carbonyl (C=O) groups excluding carboxylic acids is 2. The molecule has 1 aromatic heterocycles. The first kappa shape index (κ1) is 15.4. The SMILES string of the molecule is O=C1CC(C(=O)N2CCN(c3ncccn3)CC2)CN1CC1CC1. The van der Waals surface area contributed by atoms with E-state index in [1.807, 2.05) is 9.80 Å². The molecule has 2 saturated heterocycles. The van der Waals surface area contributed by atoms with E-state index in [-0.39, 0.29) is 17.7 Å². The normalized spacial score (nSPS) is 24.6. The van der Waals surface area contributed by atoms with Crippen LogP contribution in [0.2, 0.25) is 0 Å². The first-order chi connectivity index (χ1) is 11.7. The van der Waals surface area contributed by atoms with Crippen molar-refractivity contribution in [1.29, 1.82) is 0 Å². The fourth-order valence-corrected chi connectivity index (χ4v) is 3.57. The van der Waals surface area contributed by atoms with Crippen molar-refractivity contribution >= 4 is 17.8 Å². The molecule has 24 heavy (non-hydrogen) atoms. The molecular formula is C17H23N5O2. The number of anilines is 1. The summed E-state index contributed by atoms with van der Waals surface area (Å²) in [6, 6.07) is 1.80. The number of nitrogens with zero attached hydrogens (tertiary/aromatic N) is 5. The quantitative estimate of drug-likeness (QED) is 0.799. The van der Waals surface area contributed by atoms with E-state index in [1.54, 1.807) is 18.5 Å². The van der Waals surface area contributed by atoms with Crippen LogP contribution in [0.3, 0.4) is 0 Å². The van der Waals surface area contributed by atoms with Crippen molar-refractivity contribution < 1.29 is 9.59 Å². The minimum atomic E-state index is -0.157. The Morgan fingerprint density at radius 1 is 1.12 bits per heavy atom. The Morgan fingerprint density at radius 2 is 1.83 bits per heavy atom. The predicted molar refractivity (Wildman–Crippen MR) is 88.2 cm³/mol. The van der Waals surface area contributed by atoms with Gasteiger partial charge in [0.15, 0.2) is 0 Å². The van der Waals surface area contributed by atoms with Crippen LogP contribution in [0, 0.1) is 11.8 Å². The van der Waals surface area contributed by atoms with Gasteiger partial charge < -0.3 is 14.7 Å². The average molecular weight is 329 g/mol. The fourth-order valence-electron chi connectivity index (χ4n) is 3.57. The number of carbonyl (C=O) groups is 2. The molecule has 0 N–H and O–H groups in total. The maximum Gasteiger partial charge on any atom is 0.228 e. The summed E-state index contributed by atoms with van der Waals surface area (Å²) in [4.78, 5) is 39.3. The second kappa shape index (κ2) is 6.37. The molecule has 3 heterocycles. The Bertz CT molecular complexity index is 611. The molecule has 0 radical (unpaired) electrons. The third-order valence-electron chi connectivity index (χ3n) is 5.17. The Balaban J connectivity index is 1.31. The first-order valence-corrected chi connectivity index (χ1v) is 8.79. The minimum Gasteiger partial charge on any atom is -0.342 e. The minimum absolute atomic E-state index is 0.135. The lowest BCUT2D eigenvalue weighted by atomic mass is 10.1. The summed E-state index contributed by atoms with van der Waals surface area (Å²) in [5, 5.41) is 0. The highest BCUT2D eigenvalue weighted by molar-refractivity contribution is 5.89. The van der Waals surface area contributed by atoms with Crippen LogP contribution in [0.4, 0.5) is 5.95 Å². The monoisotopic (exact) mass is 329 g/mol. The van der Waals surface area contributed by atoms with E-state index in [1.165, 1.54) is 12.8 Å². The lowest BCUT2D eigenvalue weighted by Gasteiger charge is -2.35. The van der Waals surface area contributed by atoms with Crippen LogP contribution in [-0.4, -0.2) is 70.9 Å². The molecule has 3 aliphatic rings. The zero-order valence-electron chi connectivity index (χ0n) is 13.8. The summed E-state index contributed by atoms with van der Waals surface area (Å²) < 4.78 is 0. The molecule has 1 unspecified atom stereocenters. The maximum absolute atomic E-state index is 12.7. The number of aromatic nitrogens is 2. The molecule has 0 bridgehead atoms. The van der Waals surface area contributed by atoms with Gasteiger partial charge in [-0.1, -0.05) is 0 Å². The Kier molecular flexibility index (Phi) is 4.08. The highest BCUT2D eigenvalue weighted by Gasteiger charge is 2.39. The molecular weight excluding hydrogens is 306 g/mol. The molecule has 1 aliphatic carbocycles. The van der Waals surface area contributed by atoms with Gasteiger partial charge in [0.25, 0.3) is 0 Å². The van der Waals surface area contributed by atoms with E-state index in [2.05, 4.69) is 14.9 Å². The van der Waals surface area contributed by atoms with Crippen molar-refractivity contribution in [2.75, 3.05) is 44.2 Å². The molecule has 128 valence electrons. The smallest absolute Gasteiger partial charge is 0.228 e. The van der Waals surface area contributed by atoms with Gasteiger partial charge in [0, 0.05) is 58.1 Å². The summed E-state index contributed by atoms with van der Waals surface area (Å²) in [5.41, 5.74) is 0. The van der Waals surface area contributed by atoms with Crippen LogP contribution < -0.4 is 4.90 Å². The largest absolute Gasteiger partial charge is 0.342 e. The Hall–Kier alpha value is -2.18. The number of hydrogen-bond donors (Lipinski definition) is 0. The highest BCUT2D eigenvalue weighted by atomic mass is 16.2. The van der Waals surface area contributed by atoms with Crippen molar-refractivity contribution in [1.82, 2.24) is 19.8 Å². The van der Waals surface area contributed by atoms with Gasteiger partial charge in [-0.25, -0.2) is 9.97 Å². The number of amides is 2. The van der Waals surface area contributed by atoms with Crippen LogP contribution in [0.25, 0.3) is 0 Å². The number of rotatable bonds is 4. The van der Waals surface area contributed by atoms with Crippen molar-refractivity contribution in [3.8, 4) is 0 Å². The van der Waals surface area contributed by atoms with Crippen molar-refractivity contribution in [2.24, 2.45) is 11.8 Å². The lowest BCUT2D eigenvalue weighted by molar-refractivity contribution is -0.136. The van der Waals surface area contributed by atoms with E-state index in [9.17, 15) is 9.59 Å². The molecule has 4 rings (SSSR count). The standard InChI is InChI=1S/C17H23N5O2/c23-15-10-14(12-22(15)11-13-2-3-13)16(24)20-6-8-21(9-7-20)17-18-4-1-5-19-17/h1,4-5,13-14H,2-3,6-12H2. The van der Waals surface area contributed by atoms with Crippen LogP contribution in [0.1, 0.15) is 19.3 Å². The lowest BCUT2D eigenvalue weighted by Crippen LogP contribution is -2.51. The highest BCUT2D eigenvalue weighted by Crippen LogP contribution is 2.32. The van der Waals surface area contributed by atoms with Gasteiger partial charge in [0.2, 0.25) is 17.8 Å². The molecule has 1 atom stereocenters.